The molecule has 248 valence electrons. The van der Waals surface area contributed by atoms with Gasteiger partial charge in [-0.15, -0.1) is 0 Å². The Morgan fingerprint density at radius 3 is 2.40 bits per heavy atom. The van der Waals surface area contributed by atoms with Crippen LogP contribution in [0.4, 0.5) is 5.69 Å². The highest BCUT2D eigenvalue weighted by atomic mass is 16.3. The summed E-state index contributed by atoms with van der Waals surface area (Å²) in [6.07, 6.45) is 17.0. The molecule has 10 rings (SSSR count). The Balaban J connectivity index is 1.02. The number of furan rings is 1. The van der Waals surface area contributed by atoms with Gasteiger partial charge in [0.15, 0.2) is 5.58 Å². The molecule has 0 saturated carbocycles. The molecule has 2 aliphatic carbocycles. The topological polar surface area (TPSA) is 64.6 Å². The van der Waals surface area contributed by atoms with E-state index in [-0.39, 0.29) is 23.9 Å². The molecule has 4 atom stereocenters. The Labute approximate surface area is 302 Å². The predicted octanol–water partition coefficient (Wildman–Crippen LogP) is 10.6. The van der Waals surface area contributed by atoms with Crippen LogP contribution in [0.2, 0.25) is 0 Å². The van der Waals surface area contributed by atoms with Crippen molar-refractivity contribution in [3.05, 3.63) is 197 Å². The van der Waals surface area contributed by atoms with E-state index in [2.05, 4.69) is 150 Å². The summed E-state index contributed by atoms with van der Waals surface area (Å²) in [5.74, 6) is 1.16. The van der Waals surface area contributed by atoms with Gasteiger partial charge in [0.1, 0.15) is 11.4 Å². The van der Waals surface area contributed by atoms with E-state index in [0.29, 0.717) is 5.56 Å². The predicted molar refractivity (Wildman–Crippen MR) is 211 cm³/mol. The van der Waals surface area contributed by atoms with Gasteiger partial charge in [0.2, 0.25) is 0 Å². The average molecular weight is 671 g/mol. The zero-order chi connectivity index (χ0) is 34.6. The Morgan fingerprint density at radius 2 is 1.58 bits per heavy atom. The monoisotopic (exact) mass is 670 g/mol. The molecule has 0 spiro atoms. The molecule has 0 bridgehead atoms. The fourth-order valence-electron chi connectivity index (χ4n) is 8.25. The maximum absolute atomic E-state index is 9.61. The summed E-state index contributed by atoms with van der Waals surface area (Å²) in [6.45, 7) is 0. The lowest BCUT2D eigenvalue weighted by Gasteiger charge is -2.33. The Kier molecular flexibility index (Phi) is 7.14. The molecule has 5 aromatic carbocycles. The van der Waals surface area contributed by atoms with Crippen molar-refractivity contribution in [1.82, 2.24) is 5.32 Å². The lowest BCUT2D eigenvalue weighted by Crippen LogP contribution is -2.35. The number of anilines is 1. The molecule has 5 heteroatoms. The molecule has 4 unspecified atom stereocenters. The average Bonchev–Trinajstić information content (AvgIpc) is 3.77. The van der Waals surface area contributed by atoms with E-state index in [4.69, 9.17) is 9.41 Å². The van der Waals surface area contributed by atoms with E-state index >= 15 is 0 Å². The molecule has 52 heavy (non-hydrogen) atoms. The van der Waals surface area contributed by atoms with Crippen LogP contribution in [0.1, 0.15) is 46.2 Å². The van der Waals surface area contributed by atoms with Gasteiger partial charge >= 0.3 is 0 Å². The molecular weight excluding hydrogens is 637 g/mol. The Hall–Kier alpha value is -6.64. The normalized spacial score (nSPS) is 21.8. The van der Waals surface area contributed by atoms with Gasteiger partial charge in [-0.25, -0.2) is 0 Å². The van der Waals surface area contributed by atoms with Crippen LogP contribution in [0.5, 0.6) is 0 Å². The van der Waals surface area contributed by atoms with Crippen LogP contribution >= 0.6 is 0 Å². The fraction of sp³-hybridized carbons (Fsp3) is 0.106. The number of hydrogen-bond donors (Lipinski definition) is 1. The second-order valence-electron chi connectivity index (χ2n) is 13.8. The van der Waals surface area contributed by atoms with Gasteiger partial charge in [-0.1, -0.05) is 134 Å². The second-order valence-corrected chi connectivity index (χ2v) is 13.8. The summed E-state index contributed by atoms with van der Waals surface area (Å²) in [6, 6.07) is 44.0. The van der Waals surface area contributed by atoms with Crippen LogP contribution in [0.25, 0.3) is 33.2 Å². The molecule has 6 aromatic rings. The summed E-state index contributed by atoms with van der Waals surface area (Å²) in [4.78, 5) is 7.75. The first-order valence-corrected chi connectivity index (χ1v) is 17.9. The van der Waals surface area contributed by atoms with Gasteiger partial charge < -0.3 is 14.6 Å². The largest absolute Gasteiger partial charge is 0.454 e. The highest BCUT2D eigenvalue weighted by Gasteiger charge is 2.41. The summed E-state index contributed by atoms with van der Waals surface area (Å²) >= 11 is 0. The number of amidine groups is 1. The van der Waals surface area contributed by atoms with Gasteiger partial charge in [0.05, 0.1) is 29.4 Å². The summed E-state index contributed by atoms with van der Waals surface area (Å²) in [5, 5.41) is 15.6. The zero-order valence-electron chi connectivity index (χ0n) is 28.4. The first-order valence-electron chi connectivity index (χ1n) is 17.9. The smallest absolute Gasteiger partial charge is 0.159 e. The van der Waals surface area contributed by atoms with Crippen molar-refractivity contribution in [1.29, 1.82) is 5.26 Å². The van der Waals surface area contributed by atoms with Crippen molar-refractivity contribution in [3.8, 4) is 6.07 Å². The van der Waals surface area contributed by atoms with Crippen LogP contribution < -0.4 is 10.2 Å². The van der Waals surface area contributed by atoms with E-state index in [9.17, 15) is 5.26 Å². The van der Waals surface area contributed by atoms with Crippen molar-refractivity contribution in [2.24, 2.45) is 10.9 Å². The number of nitrogens with one attached hydrogen (secondary N) is 1. The highest BCUT2D eigenvalue weighted by molar-refractivity contribution is 6.11. The maximum atomic E-state index is 9.61. The van der Waals surface area contributed by atoms with Crippen molar-refractivity contribution < 1.29 is 4.42 Å². The van der Waals surface area contributed by atoms with Crippen LogP contribution in [0, 0.1) is 17.2 Å². The lowest BCUT2D eigenvalue weighted by molar-refractivity contribution is 0.665. The first-order chi connectivity index (χ1) is 25.7. The standard InChI is InChI=1S/C47H34N4O/c48-29-30-10-9-15-35(26-30)42-28-41(32-13-5-2-6-14-32)49-47(50-42)33-18-21-36(22-19-33)51-43-25-20-34(31-11-3-1-4-12-31)27-40(43)38-23-24-39-37-16-7-8-17-44(37)52-46(39)45(38)51/h1-18,20-28,33,40-41,43H,19H2,(H,49,50). The van der Waals surface area contributed by atoms with E-state index < -0.39 is 0 Å². The number of nitriles is 1. The second kappa shape index (κ2) is 12.3. The summed E-state index contributed by atoms with van der Waals surface area (Å²) in [7, 11) is 0. The number of hydrogen-bond acceptors (Lipinski definition) is 5. The zero-order valence-corrected chi connectivity index (χ0v) is 28.4. The minimum Gasteiger partial charge on any atom is -0.454 e. The number of rotatable bonds is 5. The molecular formula is C47H34N4O. The van der Waals surface area contributed by atoms with E-state index in [0.717, 1.165) is 62.4 Å². The minimum atomic E-state index is -0.137. The summed E-state index contributed by atoms with van der Waals surface area (Å²) < 4.78 is 6.68. The molecule has 3 heterocycles. The van der Waals surface area contributed by atoms with Gasteiger partial charge in [0, 0.05) is 34.0 Å². The molecule has 5 nitrogen and oxygen atoms in total. The SMILES string of the molecule is N#Cc1cccc(C2=CC(c3ccccc3)N=C(C3C=CC(N4c5c(ccc6c5oc5ccccc56)C5C=C(c6ccccc6)C=CC54)=CC3)N2)c1. The number of para-hydroxylation sites is 1. The third kappa shape index (κ3) is 5.03. The van der Waals surface area contributed by atoms with E-state index in [1.54, 1.807) is 0 Å². The summed E-state index contributed by atoms with van der Waals surface area (Å²) in [5.41, 5.74) is 11.6. The molecule has 0 saturated heterocycles. The van der Waals surface area contributed by atoms with Gasteiger partial charge in [-0.3, -0.25) is 4.99 Å². The number of benzene rings is 5. The number of allylic oxidation sites excluding steroid dienone is 4. The number of aliphatic imine (C=N–C) groups is 1. The third-order valence-electron chi connectivity index (χ3n) is 10.8. The van der Waals surface area contributed by atoms with Crippen molar-refractivity contribution in [2.75, 3.05) is 4.90 Å². The van der Waals surface area contributed by atoms with Crippen molar-refractivity contribution in [3.63, 3.8) is 0 Å². The van der Waals surface area contributed by atoms with E-state index in [1.165, 1.54) is 16.7 Å². The van der Waals surface area contributed by atoms with Crippen LogP contribution in [-0.4, -0.2) is 11.9 Å². The van der Waals surface area contributed by atoms with Crippen LogP contribution in [0.3, 0.4) is 0 Å². The molecule has 2 aliphatic heterocycles. The molecule has 1 aromatic heterocycles. The van der Waals surface area contributed by atoms with Gasteiger partial charge in [-0.2, -0.15) is 5.26 Å². The van der Waals surface area contributed by atoms with Crippen LogP contribution in [0.15, 0.2) is 179 Å². The third-order valence-corrected chi connectivity index (χ3v) is 10.8. The molecule has 0 amide bonds. The van der Waals surface area contributed by atoms with Crippen LogP contribution in [-0.2, 0) is 0 Å². The molecule has 0 fully saturated rings. The van der Waals surface area contributed by atoms with Crippen molar-refractivity contribution >= 4 is 44.7 Å². The number of nitrogens with zero attached hydrogens (tertiary/aromatic N) is 3. The Morgan fingerprint density at radius 1 is 0.769 bits per heavy atom. The lowest BCUT2D eigenvalue weighted by atomic mass is 9.86. The van der Waals surface area contributed by atoms with Crippen molar-refractivity contribution in [2.45, 2.75) is 24.4 Å². The van der Waals surface area contributed by atoms with Gasteiger partial charge in [-0.05, 0) is 64.6 Å². The fourth-order valence-corrected chi connectivity index (χ4v) is 8.25. The Bertz CT molecular complexity index is 2610. The quantitative estimate of drug-likeness (QED) is 0.198. The first kappa shape index (κ1) is 30.2. The van der Waals surface area contributed by atoms with E-state index in [1.807, 2.05) is 30.3 Å². The molecule has 1 N–H and O–H groups in total. The minimum absolute atomic E-state index is 0.0594. The molecule has 4 aliphatic rings. The maximum Gasteiger partial charge on any atom is 0.159 e. The number of fused-ring (bicyclic) bond motifs is 7. The molecule has 0 radical (unpaired) electrons. The highest BCUT2D eigenvalue weighted by Crippen LogP contribution is 2.52. The van der Waals surface area contributed by atoms with Gasteiger partial charge in [0.25, 0.3) is 0 Å².